The Morgan fingerprint density at radius 2 is 0.970 bits per heavy atom. The van der Waals surface area contributed by atoms with Crippen LogP contribution in [0.5, 0.6) is 0 Å². The molecule has 33 heavy (non-hydrogen) atoms. The summed E-state index contributed by atoms with van der Waals surface area (Å²) in [5.41, 5.74) is 0. The van der Waals surface area contributed by atoms with Crippen molar-refractivity contribution in [2.24, 2.45) is 0 Å². The molecule has 2 rings (SSSR count). The zero-order valence-corrected chi connectivity index (χ0v) is 24.2. The first kappa shape index (κ1) is 28.0. The van der Waals surface area contributed by atoms with E-state index in [0.29, 0.717) is 12.8 Å². The topological polar surface area (TPSA) is 71.1 Å². The molecule has 0 fully saturated rings. The van der Waals surface area contributed by atoms with Gasteiger partial charge in [-0.15, -0.1) is 0 Å². The van der Waals surface area contributed by atoms with E-state index >= 15 is 0 Å². The van der Waals surface area contributed by atoms with Gasteiger partial charge in [-0.05, 0) is 48.4 Å². The van der Waals surface area contributed by atoms with Gasteiger partial charge in [0, 0.05) is 12.8 Å². The molecule has 2 aliphatic carbocycles. The highest BCUT2D eigenvalue weighted by Gasteiger charge is 2.41. The standard InChI is InChI=1S/C25H44O6Si2/c1-24(2,3)32(7,8)30-20-13-11-18(15-20)28-22(26)17-23(27)29-19-12-14-21(16-19)31-33(9,10)25(4,5)6/h11-14,18-21H,15-17H2,1-10H3. The summed E-state index contributed by atoms with van der Waals surface area (Å²) in [5, 5.41) is 0.228. The van der Waals surface area contributed by atoms with Crippen LogP contribution in [0.4, 0.5) is 0 Å². The van der Waals surface area contributed by atoms with E-state index in [1.165, 1.54) is 0 Å². The van der Waals surface area contributed by atoms with Crippen LogP contribution in [-0.2, 0) is 27.9 Å². The minimum Gasteiger partial charge on any atom is -0.458 e. The number of hydrogen-bond acceptors (Lipinski definition) is 6. The average Bonchev–Trinajstić information content (AvgIpc) is 3.21. The van der Waals surface area contributed by atoms with Crippen LogP contribution in [0.3, 0.4) is 0 Å². The fourth-order valence-electron chi connectivity index (χ4n) is 3.27. The number of carbonyl (C=O) groups excluding carboxylic acids is 2. The number of carbonyl (C=O) groups is 2. The molecular formula is C25H44O6Si2. The van der Waals surface area contributed by atoms with Crippen molar-refractivity contribution in [3.63, 3.8) is 0 Å². The molecule has 0 saturated carbocycles. The Morgan fingerprint density at radius 1 is 0.667 bits per heavy atom. The molecule has 0 aliphatic heterocycles. The summed E-state index contributed by atoms with van der Waals surface area (Å²) in [6, 6.07) is 0. The van der Waals surface area contributed by atoms with E-state index in [-0.39, 0.29) is 34.5 Å². The van der Waals surface area contributed by atoms with E-state index in [4.69, 9.17) is 18.3 Å². The molecule has 2 aliphatic rings. The molecule has 0 radical (unpaired) electrons. The molecule has 6 nitrogen and oxygen atoms in total. The summed E-state index contributed by atoms with van der Waals surface area (Å²) in [5.74, 6) is -1.14. The summed E-state index contributed by atoms with van der Waals surface area (Å²) >= 11 is 0. The van der Waals surface area contributed by atoms with Gasteiger partial charge in [0.25, 0.3) is 0 Å². The minimum absolute atomic E-state index is 0.0582. The van der Waals surface area contributed by atoms with Gasteiger partial charge in [-0.2, -0.15) is 0 Å². The highest BCUT2D eigenvalue weighted by Crippen LogP contribution is 2.39. The highest BCUT2D eigenvalue weighted by molar-refractivity contribution is 6.74. The van der Waals surface area contributed by atoms with Gasteiger partial charge in [-0.1, -0.05) is 53.7 Å². The van der Waals surface area contributed by atoms with Crippen molar-refractivity contribution in [2.45, 2.75) is 121 Å². The molecule has 0 saturated heterocycles. The van der Waals surface area contributed by atoms with E-state index in [9.17, 15) is 9.59 Å². The zero-order valence-electron chi connectivity index (χ0n) is 22.2. The molecule has 0 spiro atoms. The van der Waals surface area contributed by atoms with Crippen LogP contribution < -0.4 is 0 Å². The summed E-state index contributed by atoms with van der Waals surface area (Å²) in [6.45, 7) is 22.0. The molecule has 0 bridgehead atoms. The van der Waals surface area contributed by atoms with Crippen LogP contribution >= 0.6 is 0 Å². The van der Waals surface area contributed by atoms with E-state index in [1.807, 2.05) is 24.3 Å². The second-order valence-corrected chi connectivity index (χ2v) is 21.8. The van der Waals surface area contributed by atoms with Gasteiger partial charge in [0.2, 0.25) is 0 Å². The third kappa shape index (κ3) is 7.90. The molecule has 0 heterocycles. The van der Waals surface area contributed by atoms with Gasteiger partial charge >= 0.3 is 11.9 Å². The Morgan fingerprint density at radius 3 is 1.27 bits per heavy atom. The Balaban J connectivity index is 1.73. The van der Waals surface area contributed by atoms with Gasteiger partial charge in [0.05, 0.1) is 12.2 Å². The molecule has 0 amide bonds. The predicted molar refractivity (Wildman–Crippen MR) is 136 cm³/mol. The number of rotatable bonds is 8. The summed E-state index contributed by atoms with van der Waals surface area (Å²) in [7, 11) is -3.80. The third-order valence-corrected chi connectivity index (χ3v) is 16.4. The second kappa shape index (κ2) is 10.2. The van der Waals surface area contributed by atoms with E-state index in [2.05, 4.69) is 67.7 Å². The third-order valence-electron chi connectivity index (χ3n) is 7.37. The van der Waals surface area contributed by atoms with Crippen LogP contribution in [-0.4, -0.2) is 53.0 Å². The number of ether oxygens (including phenoxy) is 2. The molecule has 0 aromatic rings. The first-order valence-electron chi connectivity index (χ1n) is 12.0. The number of hydrogen-bond donors (Lipinski definition) is 0. The van der Waals surface area contributed by atoms with Crippen molar-refractivity contribution in [3.05, 3.63) is 24.3 Å². The van der Waals surface area contributed by atoms with Crippen molar-refractivity contribution in [1.29, 1.82) is 0 Å². The maximum Gasteiger partial charge on any atom is 0.317 e. The van der Waals surface area contributed by atoms with Gasteiger partial charge in [-0.25, -0.2) is 0 Å². The van der Waals surface area contributed by atoms with Crippen molar-refractivity contribution in [3.8, 4) is 0 Å². The molecule has 0 aromatic carbocycles. The van der Waals surface area contributed by atoms with E-state index in [0.717, 1.165) is 0 Å². The summed E-state index contributed by atoms with van der Waals surface area (Å²) in [4.78, 5) is 24.5. The average molecular weight is 497 g/mol. The van der Waals surface area contributed by atoms with Crippen molar-refractivity contribution >= 4 is 28.6 Å². The molecular weight excluding hydrogens is 452 g/mol. The monoisotopic (exact) mass is 496 g/mol. The Labute approximate surface area is 202 Å². The first-order chi connectivity index (χ1) is 14.9. The maximum atomic E-state index is 12.3. The predicted octanol–water partition coefficient (Wildman–Crippen LogP) is 5.90. The van der Waals surface area contributed by atoms with Crippen LogP contribution in [0.15, 0.2) is 24.3 Å². The van der Waals surface area contributed by atoms with Gasteiger partial charge in [0.15, 0.2) is 16.6 Å². The SMILES string of the molecule is CC(C)(C)[Si](C)(C)OC1C=CC(OC(=O)CC(=O)OC2C=CC(O[Si](C)(C)C(C)(C)C)C2)C1. The maximum absolute atomic E-state index is 12.3. The van der Waals surface area contributed by atoms with Crippen LogP contribution in [0.2, 0.25) is 36.3 Å². The van der Waals surface area contributed by atoms with Gasteiger partial charge < -0.3 is 18.3 Å². The van der Waals surface area contributed by atoms with Crippen molar-refractivity contribution in [2.75, 3.05) is 0 Å². The Bertz CT molecular complexity index is 709. The fraction of sp³-hybridized carbons (Fsp3) is 0.760. The molecule has 4 unspecified atom stereocenters. The molecule has 188 valence electrons. The molecule has 0 N–H and O–H groups in total. The normalized spacial score (nSPS) is 26.0. The summed E-state index contributed by atoms with van der Waals surface area (Å²) in [6.07, 6.45) is 7.56. The van der Waals surface area contributed by atoms with E-state index < -0.39 is 35.0 Å². The lowest BCUT2D eigenvalue weighted by Gasteiger charge is -2.38. The van der Waals surface area contributed by atoms with Crippen LogP contribution in [0.25, 0.3) is 0 Å². The Kier molecular flexibility index (Phi) is 8.64. The quantitative estimate of drug-likeness (QED) is 0.180. The lowest BCUT2D eigenvalue weighted by Crippen LogP contribution is -2.43. The second-order valence-electron chi connectivity index (χ2n) is 12.3. The lowest BCUT2D eigenvalue weighted by molar-refractivity contribution is -0.158. The van der Waals surface area contributed by atoms with Crippen LogP contribution in [0.1, 0.15) is 60.8 Å². The van der Waals surface area contributed by atoms with Crippen molar-refractivity contribution in [1.82, 2.24) is 0 Å². The summed E-state index contributed by atoms with van der Waals surface area (Å²) < 4.78 is 23.7. The van der Waals surface area contributed by atoms with Gasteiger partial charge in [-0.3, -0.25) is 9.59 Å². The first-order valence-corrected chi connectivity index (χ1v) is 17.8. The fourth-order valence-corrected chi connectivity index (χ4v) is 5.84. The van der Waals surface area contributed by atoms with E-state index in [1.54, 1.807) is 0 Å². The zero-order chi connectivity index (χ0) is 25.2. The highest BCUT2D eigenvalue weighted by atomic mass is 28.4. The molecule has 0 aromatic heterocycles. The lowest BCUT2D eigenvalue weighted by atomic mass is 10.2. The largest absolute Gasteiger partial charge is 0.458 e. The van der Waals surface area contributed by atoms with Crippen LogP contribution in [0, 0.1) is 0 Å². The Hall–Kier alpha value is -1.23. The molecule has 4 atom stereocenters. The molecule has 8 heteroatoms. The minimum atomic E-state index is -1.90. The number of esters is 2. The van der Waals surface area contributed by atoms with Gasteiger partial charge in [0.1, 0.15) is 18.6 Å². The smallest absolute Gasteiger partial charge is 0.317 e. The van der Waals surface area contributed by atoms with Crippen molar-refractivity contribution < 1.29 is 27.9 Å².